The number of halogens is 1. The van der Waals surface area contributed by atoms with E-state index in [0.717, 1.165) is 40.6 Å². The smallest absolute Gasteiger partial charge is 0.271 e. The van der Waals surface area contributed by atoms with E-state index in [4.69, 9.17) is 15.0 Å². The van der Waals surface area contributed by atoms with E-state index in [0.29, 0.717) is 5.76 Å². The zero-order chi connectivity index (χ0) is 14.8. The first-order valence-corrected chi connectivity index (χ1v) is 7.52. The first-order valence-electron chi connectivity index (χ1n) is 6.72. The Hall–Kier alpha value is -1.82. The standard InChI is InChI=1S/C15H13BrN2O3/c1-20-7-4-8-11(10(16)5-7)15(2-3-15)6-9-12(14(17)19)18-21-13(8)9/h4-5H,2-3,6H2,1H3,(H2,17,19). The van der Waals surface area contributed by atoms with Gasteiger partial charge in [0, 0.05) is 21.0 Å². The highest BCUT2D eigenvalue weighted by Crippen LogP contribution is 2.60. The molecule has 2 aromatic rings. The van der Waals surface area contributed by atoms with Crippen molar-refractivity contribution >= 4 is 21.8 Å². The van der Waals surface area contributed by atoms with Gasteiger partial charge in [-0.2, -0.15) is 0 Å². The van der Waals surface area contributed by atoms with Crippen LogP contribution in [0.25, 0.3) is 11.3 Å². The predicted octanol–water partition coefficient (Wildman–Crippen LogP) is 2.80. The van der Waals surface area contributed by atoms with Crippen LogP contribution >= 0.6 is 15.9 Å². The molecule has 2 aliphatic rings. The third kappa shape index (κ3) is 1.68. The minimum atomic E-state index is -0.541. The first-order chi connectivity index (χ1) is 10.1. The lowest BCUT2D eigenvalue weighted by Gasteiger charge is -2.26. The number of benzene rings is 1. The number of rotatable bonds is 2. The maximum Gasteiger partial charge on any atom is 0.271 e. The summed E-state index contributed by atoms with van der Waals surface area (Å²) in [6, 6.07) is 3.91. The van der Waals surface area contributed by atoms with Crippen LogP contribution in [0.4, 0.5) is 0 Å². The van der Waals surface area contributed by atoms with Crippen molar-refractivity contribution in [3.63, 3.8) is 0 Å². The normalized spacial score (nSPS) is 17.2. The quantitative estimate of drug-likeness (QED) is 0.904. The van der Waals surface area contributed by atoms with E-state index in [1.807, 2.05) is 12.1 Å². The molecule has 5 nitrogen and oxygen atoms in total. The van der Waals surface area contributed by atoms with Crippen LogP contribution in [0.15, 0.2) is 21.1 Å². The van der Waals surface area contributed by atoms with Crippen molar-refractivity contribution in [2.24, 2.45) is 5.73 Å². The summed E-state index contributed by atoms with van der Waals surface area (Å²) in [5.74, 6) is 0.832. The van der Waals surface area contributed by atoms with Gasteiger partial charge in [-0.1, -0.05) is 21.1 Å². The lowest BCUT2D eigenvalue weighted by molar-refractivity contribution is 0.0991. The molecule has 1 aromatic carbocycles. The van der Waals surface area contributed by atoms with Crippen molar-refractivity contribution in [2.45, 2.75) is 24.7 Å². The van der Waals surface area contributed by atoms with Crippen LogP contribution in [-0.2, 0) is 11.8 Å². The molecular formula is C15H13BrN2O3. The number of hydrogen-bond acceptors (Lipinski definition) is 4. The number of hydrogen-bond donors (Lipinski definition) is 1. The van der Waals surface area contributed by atoms with Crippen LogP contribution in [0.3, 0.4) is 0 Å². The summed E-state index contributed by atoms with van der Waals surface area (Å²) in [5.41, 5.74) is 8.72. The third-order valence-corrected chi connectivity index (χ3v) is 5.09. The van der Waals surface area contributed by atoms with Crippen molar-refractivity contribution in [3.05, 3.63) is 33.4 Å². The molecule has 1 heterocycles. The number of carbonyl (C=O) groups excluding carboxylic acids is 1. The molecule has 1 aromatic heterocycles. The van der Waals surface area contributed by atoms with Crippen LogP contribution in [-0.4, -0.2) is 18.2 Å². The summed E-state index contributed by atoms with van der Waals surface area (Å²) in [4.78, 5) is 11.5. The van der Waals surface area contributed by atoms with Crippen LogP contribution in [0, 0.1) is 0 Å². The van der Waals surface area contributed by atoms with Gasteiger partial charge >= 0.3 is 0 Å². The van der Waals surface area contributed by atoms with Gasteiger partial charge in [0.1, 0.15) is 5.75 Å². The van der Waals surface area contributed by atoms with Crippen LogP contribution in [0.2, 0.25) is 0 Å². The lowest BCUT2D eigenvalue weighted by atomic mass is 9.78. The Morgan fingerprint density at radius 1 is 1.48 bits per heavy atom. The Morgan fingerprint density at radius 2 is 2.24 bits per heavy atom. The fourth-order valence-corrected chi connectivity index (χ4v) is 4.16. The molecule has 0 aliphatic heterocycles. The SMILES string of the molecule is COc1cc(Br)c2c(c1)-c1onc(C(N)=O)c1CC21CC1. The van der Waals surface area contributed by atoms with Crippen molar-refractivity contribution < 1.29 is 14.1 Å². The average Bonchev–Trinajstić information content (AvgIpc) is 3.06. The summed E-state index contributed by atoms with van der Waals surface area (Å²) in [6.45, 7) is 0. The lowest BCUT2D eigenvalue weighted by Crippen LogP contribution is -2.21. The fourth-order valence-electron chi connectivity index (χ4n) is 3.30. The molecule has 0 radical (unpaired) electrons. The van der Waals surface area contributed by atoms with Gasteiger partial charge in [-0.15, -0.1) is 0 Å². The molecule has 0 bridgehead atoms. The molecule has 1 saturated carbocycles. The van der Waals surface area contributed by atoms with Crippen LogP contribution < -0.4 is 10.5 Å². The monoisotopic (exact) mass is 348 g/mol. The fraction of sp³-hybridized carbons (Fsp3) is 0.333. The molecule has 6 heteroatoms. The van der Waals surface area contributed by atoms with Crippen molar-refractivity contribution in [3.8, 4) is 17.1 Å². The van der Waals surface area contributed by atoms with E-state index in [1.165, 1.54) is 5.56 Å². The summed E-state index contributed by atoms with van der Waals surface area (Å²) < 4.78 is 11.8. The molecule has 108 valence electrons. The summed E-state index contributed by atoms with van der Waals surface area (Å²) in [6.07, 6.45) is 2.93. The summed E-state index contributed by atoms with van der Waals surface area (Å²) in [5, 5.41) is 3.87. The van der Waals surface area contributed by atoms with Crippen molar-refractivity contribution in [1.82, 2.24) is 5.16 Å². The Morgan fingerprint density at radius 3 is 2.86 bits per heavy atom. The highest BCUT2D eigenvalue weighted by molar-refractivity contribution is 9.10. The molecule has 0 atom stereocenters. The Labute approximate surface area is 129 Å². The van der Waals surface area contributed by atoms with Gasteiger partial charge in [-0.25, -0.2) is 0 Å². The molecule has 2 aliphatic carbocycles. The Bertz CT molecular complexity index is 777. The van der Waals surface area contributed by atoms with Crippen LogP contribution in [0.5, 0.6) is 5.75 Å². The molecule has 1 amide bonds. The molecular weight excluding hydrogens is 336 g/mol. The number of methoxy groups -OCH3 is 1. The second kappa shape index (κ2) is 4.10. The number of aromatic nitrogens is 1. The van der Waals surface area contributed by atoms with Gasteiger partial charge in [-0.05, 0) is 37.0 Å². The zero-order valence-electron chi connectivity index (χ0n) is 11.4. The van der Waals surface area contributed by atoms with Gasteiger partial charge in [0.15, 0.2) is 11.5 Å². The van der Waals surface area contributed by atoms with Crippen molar-refractivity contribution in [1.29, 1.82) is 0 Å². The molecule has 1 fully saturated rings. The van der Waals surface area contributed by atoms with E-state index in [9.17, 15) is 4.79 Å². The number of ether oxygens (including phenoxy) is 1. The van der Waals surface area contributed by atoms with Gasteiger partial charge in [0.2, 0.25) is 0 Å². The van der Waals surface area contributed by atoms with E-state index in [2.05, 4.69) is 21.1 Å². The van der Waals surface area contributed by atoms with Gasteiger partial charge in [-0.3, -0.25) is 4.79 Å². The van der Waals surface area contributed by atoms with E-state index < -0.39 is 5.91 Å². The predicted molar refractivity (Wildman–Crippen MR) is 79.3 cm³/mol. The van der Waals surface area contributed by atoms with Gasteiger partial charge in [0.05, 0.1) is 7.11 Å². The topological polar surface area (TPSA) is 78.3 Å². The maximum atomic E-state index is 11.5. The number of fused-ring (bicyclic) bond motifs is 4. The number of primary amides is 1. The van der Waals surface area contributed by atoms with Gasteiger partial charge in [0.25, 0.3) is 5.91 Å². The molecule has 2 N–H and O–H groups in total. The molecule has 0 unspecified atom stereocenters. The molecule has 4 rings (SSSR count). The zero-order valence-corrected chi connectivity index (χ0v) is 13.0. The second-order valence-corrected chi connectivity index (χ2v) is 6.55. The van der Waals surface area contributed by atoms with E-state index in [-0.39, 0.29) is 11.1 Å². The number of amides is 1. The van der Waals surface area contributed by atoms with Crippen LogP contribution in [0.1, 0.15) is 34.5 Å². The maximum absolute atomic E-state index is 11.5. The van der Waals surface area contributed by atoms with Gasteiger partial charge < -0.3 is 15.0 Å². The number of nitrogens with two attached hydrogens (primary N) is 1. The minimum Gasteiger partial charge on any atom is -0.497 e. The third-order valence-electron chi connectivity index (χ3n) is 4.46. The minimum absolute atomic E-state index is 0.0726. The molecule has 1 spiro atoms. The highest BCUT2D eigenvalue weighted by atomic mass is 79.9. The Kier molecular flexibility index (Phi) is 2.52. The van der Waals surface area contributed by atoms with Crippen molar-refractivity contribution in [2.75, 3.05) is 7.11 Å². The number of nitrogens with zero attached hydrogens (tertiary/aromatic N) is 1. The highest BCUT2D eigenvalue weighted by Gasteiger charge is 2.51. The van der Waals surface area contributed by atoms with E-state index in [1.54, 1.807) is 7.11 Å². The first kappa shape index (κ1) is 12.9. The summed E-state index contributed by atoms with van der Waals surface area (Å²) >= 11 is 3.64. The molecule has 21 heavy (non-hydrogen) atoms. The largest absolute Gasteiger partial charge is 0.497 e. The second-order valence-electron chi connectivity index (χ2n) is 5.69. The number of carbonyl (C=O) groups is 1. The Balaban J connectivity index is 2.02. The van der Waals surface area contributed by atoms with E-state index >= 15 is 0 Å². The summed E-state index contributed by atoms with van der Waals surface area (Å²) in [7, 11) is 1.63. The average molecular weight is 349 g/mol. The molecule has 0 saturated heterocycles.